The molecule has 0 aromatic carbocycles. The zero-order chi connectivity index (χ0) is 11.4. The van der Waals surface area contributed by atoms with Gasteiger partial charge in [-0.25, -0.2) is 0 Å². The lowest BCUT2D eigenvalue weighted by Crippen LogP contribution is -2.36. The summed E-state index contributed by atoms with van der Waals surface area (Å²) in [4.78, 5) is 1.93. The van der Waals surface area contributed by atoms with Crippen molar-refractivity contribution in [2.75, 3.05) is 33.7 Å². The van der Waals surface area contributed by atoms with Gasteiger partial charge in [0.05, 0.1) is 0 Å². The molecule has 0 aromatic heterocycles. The number of likely N-dealkylation sites (N-methyl/N-ethyl adjacent to an activating group) is 1. The van der Waals surface area contributed by atoms with E-state index in [0.717, 1.165) is 0 Å². The van der Waals surface area contributed by atoms with E-state index in [2.05, 4.69) is 0 Å². The van der Waals surface area contributed by atoms with Gasteiger partial charge in [0.1, 0.15) is 0 Å². The van der Waals surface area contributed by atoms with Gasteiger partial charge in [-0.05, 0) is 20.0 Å². The van der Waals surface area contributed by atoms with Gasteiger partial charge in [-0.1, -0.05) is 13.8 Å². The van der Waals surface area contributed by atoms with Crippen LogP contribution in [-0.2, 0) is 9.24 Å². The molecule has 86 valence electrons. The third kappa shape index (κ3) is 6.59. The van der Waals surface area contributed by atoms with Gasteiger partial charge in [0.15, 0.2) is 0 Å². The molecule has 4 nitrogen and oxygen atoms in total. The standard InChI is InChI=1S/C8H19ClN2O2S/c1-8(2)7-11(14(9,12)13)6-5-10(3)4/h8H,5-7H2,1-4H3. The topological polar surface area (TPSA) is 40.6 Å². The van der Waals surface area contributed by atoms with Crippen LogP contribution in [0.1, 0.15) is 13.8 Å². The van der Waals surface area contributed by atoms with Crippen LogP contribution in [0.5, 0.6) is 0 Å². The minimum absolute atomic E-state index is 0.283. The molecule has 14 heavy (non-hydrogen) atoms. The fourth-order valence-corrected chi connectivity index (χ4v) is 2.16. The predicted octanol–water partition coefficient (Wildman–Crippen LogP) is 0.990. The minimum Gasteiger partial charge on any atom is -0.308 e. The van der Waals surface area contributed by atoms with Crippen LogP contribution in [0.4, 0.5) is 0 Å². The molecule has 0 rings (SSSR count). The molecule has 0 aliphatic rings. The normalized spacial score (nSPS) is 13.1. The van der Waals surface area contributed by atoms with E-state index in [-0.39, 0.29) is 5.92 Å². The van der Waals surface area contributed by atoms with Gasteiger partial charge in [0.2, 0.25) is 0 Å². The van der Waals surface area contributed by atoms with Crippen molar-refractivity contribution in [2.24, 2.45) is 5.92 Å². The van der Waals surface area contributed by atoms with Crippen molar-refractivity contribution in [2.45, 2.75) is 13.8 Å². The van der Waals surface area contributed by atoms with E-state index in [4.69, 9.17) is 10.7 Å². The second-order valence-electron chi connectivity index (χ2n) is 4.00. The van der Waals surface area contributed by atoms with Crippen molar-refractivity contribution < 1.29 is 8.42 Å². The summed E-state index contributed by atoms with van der Waals surface area (Å²) >= 11 is 0. The van der Waals surface area contributed by atoms with E-state index in [1.165, 1.54) is 4.31 Å². The number of hydrogen-bond acceptors (Lipinski definition) is 3. The lowest BCUT2D eigenvalue weighted by atomic mass is 10.2. The van der Waals surface area contributed by atoms with Crippen LogP contribution in [0.2, 0.25) is 0 Å². The van der Waals surface area contributed by atoms with Gasteiger partial charge in [0, 0.05) is 30.3 Å². The summed E-state index contributed by atoms with van der Waals surface area (Å²) in [6, 6.07) is 0. The SMILES string of the molecule is CC(C)CN(CCN(C)C)S(=O)(=O)Cl. The molecule has 0 bridgehead atoms. The summed E-state index contributed by atoms with van der Waals surface area (Å²) in [7, 11) is 5.52. The van der Waals surface area contributed by atoms with Gasteiger partial charge in [-0.3, -0.25) is 0 Å². The van der Waals surface area contributed by atoms with Crippen molar-refractivity contribution in [3.05, 3.63) is 0 Å². The van der Waals surface area contributed by atoms with Crippen LogP contribution >= 0.6 is 10.7 Å². The van der Waals surface area contributed by atoms with Crippen LogP contribution < -0.4 is 0 Å². The van der Waals surface area contributed by atoms with E-state index < -0.39 is 9.24 Å². The molecule has 0 aromatic rings. The Bertz CT molecular complexity index is 252. The summed E-state index contributed by atoms with van der Waals surface area (Å²) in [6.45, 7) is 5.52. The number of rotatable bonds is 6. The fraction of sp³-hybridized carbons (Fsp3) is 1.00. The molecule has 0 aliphatic heterocycles. The Morgan fingerprint density at radius 3 is 2.00 bits per heavy atom. The maximum absolute atomic E-state index is 11.2. The van der Waals surface area contributed by atoms with Crippen molar-refractivity contribution in [3.63, 3.8) is 0 Å². The van der Waals surface area contributed by atoms with Gasteiger partial charge >= 0.3 is 0 Å². The van der Waals surface area contributed by atoms with Crippen molar-refractivity contribution in [1.29, 1.82) is 0 Å². The molecule has 0 fully saturated rings. The predicted molar refractivity (Wildman–Crippen MR) is 59.7 cm³/mol. The molecule has 0 saturated carbocycles. The third-order valence-electron chi connectivity index (χ3n) is 1.67. The van der Waals surface area contributed by atoms with Crippen LogP contribution in [0.15, 0.2) is 0 Å². The highest BCUT2D eigenvalue weighted by atomic mass is 35.7. The molecule has 0 amide bonds. The molecule has 0 aliphatic carbocycles. The summed E-state index contributed by atoms with van der Waals surface area (Å²) in [5, 5.41) is 0. The Labute approximate surface area is 91.4 Å². The third-order valence-corrected chi connectivity index (χ3v) is 3.21. The van der Waals surface area contributed by atoms with E-state index in [1.807, 2.05) is 32.8 Å². The molecule has 0 heterocycles. The summed E-state index contributed by atoms with van der Waals surface area (Å²) in [5.41, 5.74) is 0. The second kappa shape index (κ2) is 5.90. The quantitative estimate of drug-likeness (QED) is 0.653. The summed E-state index contributed by atoms with van der Waals surface area (Å²) in [5.74, 6) is 0.283. The monoisotopic (exact) mass is 242 g/mol. The zero-order valence-electron chi connectivity index (χ0n) is 9.20. The largest absolute Gasteiger partial charge is 0.308 e. The minimum atomic E-state index is -3.58. The van der Waals surface area contributed by atoms with Crippen molar-refractivity contribution in [3.8, 4) is 0 Å². The van der Waals surface area contributed by atoms with Gasteiger partial charge in [-0.2, -0.15) is 12.7 Å². The highest BCUT2D eigenvalue weighted by molar-refractivity contribution is 8.11. The molecular weight excluding hydrogens is 224 g/mol. The molecular formula is C8H19ClN2O2S. The molecule has 0 radical (unpaired) electrons. The summed E-state index contributed by atoms with van der Waals surface area (Å²) in [6.07, 6.45) is 0. The maximum Gasteiger partial charge on any atom is 0.299 e. The fourth-order valence-electron chi connectivity index (χ4n) is 1.01. The lowest BCUT2D eigenvalue weighted by Gasteiger charge is -2.22. The smallest absolute Gasteiger partial charge is 0.299 e. The molecule has 0 atom stereocenters. The van der Waals surface area contributed by atoms with Crippen LogP contribution in [0.25, 0.3) is 0 Å². The van der Waals surface area contributed by atoms with Crippen LogP contribution in [0.3, 0.4) is 0 Å². The van der Waals surface area contributed by atoms with Crippen molar-refractivity contribution >= 4 is 19.9 Å². The highest BCUT2D eigenvalue weighted by Crippen LogP contribution is 2.09. The number of hydrogen-bond donors (Lipinski definition) is 0. The van der Waals surface area contributed by atoms with E-state index >= 15 is 0 Å². The first-order valence-corrected chi connectivity index (χ1v) is 6.84. The Morgan fingerprint density at radius 1 is 1.21 bits per heavy atom. The Hall–Kier alpha value is 0.160. The number of nitrogens with zero attached hydrogens (tertiary/aromatic N) is 2. The van der Waals surface area contributed by atoms with E-state index in [1.54, 1.807) is 0 Å². The lowest BCUT2D eigenvalue weighted by molar-refractivity contribution is 0.317. The van der Waals surface area contributed by atoms with Gasteiger partial charge < -0.3 is 4.90 Å². The molecule has 6 heteroatoms. The van der Waals surface area contributed by atoms with Crippen molar-refractivity contribution in [1.82, 2.24) is 9.21 Å². The second-order valence-corrected chi connectivity index (χ2v) is 6.51. The average molecular weight is 243 g/mol. The average Bonchev–Trinajstić information content (AvgIpc) is 1.94. The zero-order valence-corrected chi connectivity index (χ0v) is 10.8. The molecule has 0 spiro atoms. The van der Waals surface area contributed by atoms with Gasteiger partial charge in [0.25, 0.3) is 9.24 Å². The van der Waals surface area contributed by atoms with E-state index in [0.29, 0.717) is 19.6 Å². The van der Waals surface area contributed by atoms with Crippen LogP contribution in [0, 0.1) is 5.92 Å². The van der Waals surface area contributed by atoms with Crippen LogP contribution in [-0.4, -0.2) is 51.4 Å². The molecule has 0 saturated heterocycles. The first-order valence-electron chi connectivity index (χ1n) is 4.58. The first kappa shape index (κ1) is 14.2. The Kier molecular flexibility index (Phi) is 5.97. The highest BCUT2D eigenvalue weighted by Gasteiger charge is 2.19. The molecule has 0 N–H and O–H groups in total. The Morgan fingerprint density at radius 2 is 1.71 bits per heavy atom. The first-order chi connectivity index (χ1) is 6.23. The maximum atomic E-state index is 11.2. The van der Waals surface area contributed by atoms with Gasteiger partial charge in [-0.15, -0.1) is 0 Å². The summed E-state index contributed by atoms with van der Waals surface area (Å²) < 4.78 is 23.6. The Balaban J connectivity index is 4.27. The number of halogens is 1. The van der Waals surface area contributed by atoms with E-state index in [9.17, 15) is 8.42 Å². The molecule has 0 unspecified atom stereocenters.